The van der Waals surface area contributed by atoms with Crippen LogP contribution in [0.4, 0.5) is 0 Å². The molecule has 1 aromatic rings. The molecule has 0 N–H and O–H groups in total. The minimum absolute atomic E-state index is 0.0291. The molecule has 2 fully saturated rings. The van der Waals surface area contributed by atoms with Crippen LogP contribution in [-0.4, -0.2) is 37.4 Å². The summed E-state index contributed by atoms with van der Waals surface area (Å²) in [6, 6.07) is 9.17. The van der Waals surface area contributed by atoms with Gasteiger partial charge in [0.2, 0.25) is 5.78 Å². The highest BCUT2D eigenvalue weighted by Gasteiger charge is 2.54. The molecule has 2 unspecified atom stereocenters. The molecule has 0 spiro atoms. The maximum atomic E-state index is 13.0. The molecule has 0 aromatic heterocycles. The molecule has 32 heavy (non-hydrogen) atoms. The maximum Gasteiger partial charge on any atom is 0.338 e. The van der Waals surface area contributed by atoms with E-state index in [2.05, 4.69) is 18.8 Å². The number of carbonyl (C=O) groups is 2. The predicted molar refractivity (Wildman–Crippen MR) is 123 cm³/mol. The van der Waals surface area contributed by atoms with Gasteiger partial charge in [0.05, 0.1) is 5.56 Å². The number of Topliss-reactive ketones (excluding diaryl/α,β-unsaturated/α-hetero) is 1. The third-order valence-corrected chi connectivity index (χ3v) is 7.45. The Morgan fingerprint density at radius 3 is 2.59 bits per heavy atom. The first-order chi connectivity index (χ1) is 15.2. The number of carbonyl (C=O) groups excluding carboxylic acids is 2. The molecule has 2 aliphatic rings. The smallest absolute Gasteiger partial charge is 0.338 e. The standard InChI is InChI=1S/C27H36O5/c1-19(23(28)15-17-26(2,3)31-18-30-5)21-13-14-22-24(12-9-16-27(21,22)4)32-25(29)20-10-7-6-8-11-20/h6-8,10-11,19,21-22,24H,9,12-14,16,18H2,1-5H3/t19-,21?,22?,24-,27+/m0/s1. The number of benzene rings is 1. The number of rotatable bonds is 7. The van der Waals surface area contributed by atoms with Gasteiger partial charge in [0, 0.05) is 18.9 Å². The van der Waals surface area contributed by atoms with E-state index in [1.54, 1.807) is 19.2 Å². The second-order valence-corrected chi connectivity index (χ2v) is 9.96. The van der Waals surface area contributed by atoms with Crippen molar-refractivity contribution >= 4 is 11.8 Å². The highest BCUT2D eigenvalue weighted by atomic mass is 16.7. The van der Waals surface area contributed by atoms with Gasteiger partial charge < -0.3 is 14.2 Å². The normalized spacial score (nSPS) is 28.2. The predicted octanol–water partition coefficient (Wildman–Crippen LogP) is 5.04. The Bertz CT molecular complexity index is 865. The van der Waals surface area contributed by atoms with E-state index in [4.69, 9.17) is 14.2 Å². The van der Waals surface area contributed by atoms with Gasteiger partial charge in [-0.1, -0.05) is 38.0 Å². The molecular formula is C27H36O5. The van der Waals surface area contributed by atoms with E-state index in [-0.39, 0.29) is 47.8 Å². The number of hydrogen-bond donors (Lipinski definition) is 0. The first kappa shape index (κ1) is 24.5. The molecule has 5 nitrogen and oxygen atoms in total. The summed E-state index contributed by atoms with van der Waals surface area (Å²) in [7, 11) is 1.56. The summed E-state index contributed by atoms with van der Waals surface area (Å²) in [6.07, 6.45) is 4.77. The summed E-state index contributed by atoms with van der Waals surface area (Å²) in [4.78, 5) is 25.6. The first-order valence-corrected chi connectivity index (χ1v) is 11.6. The van der Waals surface area contributed by atoms with Gasteiger partial charge in [-0.15, -0.1) is 0 Å². The summed E-state index contributed by atoms with van der Waals surface area (Å²) < 4.78 is 16.5. The lowest BCUT2D eigenvalue weighted by Crippen LogP contribution is -2.44. The van der Waals surface area contributed by atoms with E-state index >= 15 is 0 Å². The van der Waals surface area contributed by atoms with Crippen molar-refractivity contribution in [2.45, 2.75) is 71.5 Å². The Morgan fingerprint density at radius 1 is 1.19 bits per heavy atom. The van der Waals surface area contributed by atoms with Gasteiger partial charge in [0.15, 0.2) is 0 Å². The molecule has 0 radical (unpaired) electrons. The van der Waals surface area contributed by atoms with Crippen LogP contribution in [0.1, 0.15) is 70.2 Å². The highest BCUT2D eigenvalue weighted by molar-refractivity contribution is 5.97. The zero-order valence-corrected chi connectivity index (χ0v) is 20.0. The minimum atomic E-state index is -0.741. The highest BCUT2D eigenvalue weighted by Crippen LogP contribution is 2.58. The van der Waals surface area contributed by atoms with E-state index < -0.39 is 5.60 Å². The molecule has 0 heterocycles. The lowest BCUT2D eigenvalue weighted by Gasteiger charge is -2.45. The van der Waals surface area contributed by atoms with E-state index in [0.717, 1.165) is 32.1 Å². The SMILES string of the molecule is COCOC(C)(C)C#CC(=O)[C@@H](C)C1CCC2[C@@H](OC(=O)c3ccccc3)CCC[C@@]21C. The van der Waals surface area contributed by atoms with Crippen LogP contribution in [0, 0.1) is 35.0 Å². The van der Waals surface area contributed by atoms with E-state index in [1.807, 2.05) is 39.0 Å². The number of ether oxygens (including phenoxy) is 3. The van der Waals surface area contributed by atoms with Gasteiger partial charge >= 0.3 is 5.97 Å². The monoisotopic (exact) mass is 440 g/mol. The molecule has 0 saturated heterocycles. The number of fused-ring (bicyclic) bond motifs is 1. The fourth-order valence-electron chi connectivity index (χ4n) is 5.65. The molecule has 3 rings (SSSR count). The fraction of sp³-hybridized carbons (Fsp3) is 0.630. The van der Waals surface area contributed by atoms with Gasteiger partial charge in [0.1, 0.15) is 18.5 Å². The molecule has 0 bridgehead atoms. The third kappa shape index (κ3) is 5.42. The van der Waals surface area contributed by atoms with Crippen LogP contribution in [0.25, 0.3) is 0 Å². The van der Waals surface area contributed by atoms with Gasteiger partial charge in [-0.3, -0.25) is 4.79 Å². The van der Waals surface area contributed by atoms with Crippen molar-refractivity contribution in [1.29, 1.82) is 0 Å². The topological polar surface area (TPSA) is 61.8 Å². The molecule has 0 aliphatic heterocycles. The molecule has 5 heteroatoms. The van der Waals surface area contributed by atoms with Crippen LogP contribution in [0.5, 0.6) is 0 Å². The summed E-state index contributed by atoms with van der Waals surface area (Å²) in [5, 5.41) is 0. The van der Waals surface area contributed by atoms with E-state index in [1.165, 1.54) is 0 Å². The van der Waals surface area contributed by atoms with Gasteiger partial charge in [-0.2, -0.15) is 0 Å². The Balaban J connectivity index is 1.69. The Hall–Kier alpha value is -2.16. The van der Waals surface area contributed by atoms with Crippen molar-refractivity contribution in [3.8, 4) is 11.8 Å². The van der Waals surface area contributed by atoms with Crippen LogP contribution >= 0.6 is 0 Å². The summed E-state index contributed by atoms with van der Waals surface area (Å²) in [5.74, 6) is 5.84. The molecule has 1 aromatic carbocycles. The number of ketones is 1. The zero-order valence-electron chi connectivity index (χ0n) is 20.0. The van der Waals surface area contributed by atoms with Crippen LogP contribution < -0.4 is 0 Å². The van der Waals surface area contributed by atoms with Crippen LogP contribution in [0.15, 0.2) is 30.3 Å². The lowest BCUT2D eigenvalue weighted by molar-refractivity contribution is -0.121. The van der Waals surface area contributed by atoms with Crippen LogP contribution in [0.2, 0.25) is 0 Å². The number of esters is 1. The molecule has 174 valence electrons. The van der Waals surface area contributed by atoms with Crippen LogP contribution in [-0.2, 0) is 19.0 Å². The van der Waals surface area contributed by atoms with Gasteiger partial charge in [-0.25, -0.2) is 4.79 Å². The number of hydrogen-bond acceptors (Lipinski definition) is 5. The van der Waals surface area contributed by atoms with Crippen molar-refractivity contribution in [1.82, 2.24) is 0 Å². The lowest BCUT2D eigenvalue weighted by atomic mass is 9.61. The zero-order chi connectivity index (χ0) is 23.4. The van der Waals surface area contributed by atoms with Gasteiger partial charge in [-0.05, 0) is 75.3 Å². The number of methoxy groups -OCH3 is 1. The fourth-order valence-corrected chi connectivity index (χ4v) is 5.65. The second kappa shape index (κ2) is 10.2. The Morgan fingerprint density at radius 2 is 1.91 bits per heavy atom. The van der Waals surface area contributed by atoms with E-state index in [9.17, 15) is 9.59 Å². The molecule has 2 saturated carbocycles. The third-order valence-electron chi connectivity index (χ3n) is 7.45. The minimum Gasteiger partial charge on any atom is -0.458 e. The maximum absolute atomic E-state index is 13.0. The molecule has 0 amide bonds. The first-order valence-electron chi connectivity index (χ1n) is 11.6. The second-order valence-electron chi connectivity index (χ2n) is 9.96. The average molecular weight is 441 g/mol. The Kier molecular flexibility index (Phi) is 7.79. The van der Waals surface area contributed by atoms with Crippen molar-refractivity contribution < 1.29 is 23.8 Å². The molecule has 2 aliphatic carbocycles. The van der Waals surface area contributed by atoms with E-state index in [0.29, 0.717) is 5.56 Å². The summed E-state index contributed by atoms with van der Waals surface area (Å²) >= 11 is 0. The molecular weight excluding hydrogens is 404 g/mol. The van der Waals surface area contributed by atoms with Gasteiger partial charge in [0.25, 0.3) is 0 Å². The van der Waals surface area contributed by atoms with Crippen molar-refractivity contribution in [2.24, 2.45) is 23.2 Å². The van der Waals surface area contributed by atoms with Crippen LogP contribution in [0.3, 0.4) is 0 Å². The molecule has 5 atom stereocenters. The average Bonchev–Trinajstić information content (AvgIpc) is 3.14. The van der Waals surface area contributed by atoms with Crippen molar-refractivity contribution in [3.63, 3.8) is 0 Å². The Labute approximate surface area is 192 Å². The van der Waals surface area contributed by atoms with Crippen molar-refractivity contribution in [3.05, 3.63) is 35.9 Å². The summed E-state index contributed by atoms with van der Waals surface area (Å²) in [6.45, 7) is 8.07. The summed E-state index contributed by atoms with van der Waals surface area (Å²) in [5.41, 5.74) is -0.181. The quantitative estimate of drug-likeness (QED) is 0.257. The van der Waals surface area contributed by atoms with Crippen molar-refractivity contribution in [2.75, 3.05) is 13.9 Å². The largest absolute Gasteiger partial charge is 0.458 e.